The smallest absolute Gasteiger partial charge is 0.282 e. The molecule has 2 fully saturated rings. The minimum atomic E-state index is -0.137. The minimum Gasteiger partial charge on any atom is -0.374 e. The molecule has 1 aromatic rings. The van der Waals surface area contributed by atoms with Gasteiger partial charge in [-0.2, -0.15) is 0 Å². The highest BCUT2D eigenvalue weighted by Gasteiger charge is 2.39. The topological polar surface area (TPSA) is 80.9 Å². The SMILES string of the molecule is Nc1nnc(C(=O)NCC2CC3CCC2C3)s1. The van der Waals surface area contributed by atoms with E-state index in [1.165, 1.54) is 25.7 Å². The number of nitrogens with one attached hydrogen (secondary N) is 1. The second-order valence-electron chi connectivity index (χ2n) is 5.09. The van der Waals surface area contributed by atoms with Gasteiger partial charge in [0.15, 0.2) is 0 Å². The van der Waals surface area contributed by atoms with Crippen molar-refractivity contribution in [3.8, 4) is 0 Å². The standard InChI is InChI=1S/C11H16N4OS/c12-11-15-14-10(17-11)9(16)13-5-8-4-6-1-2-7(8)3-6/h6-8H,1-5H2,(H2,12,15)(H,13,16). The van der Waals surface area contributed by atoms with Crippen LogP contribution in [0.1, 0.15) is 35.5 Å². The summed E-state index contributed by atoms with van der Waals surface area (Å²) in [5, 5.41) is 11.0. The lowest BCUT2D eigenvalue weighted by Gasteiger charge is -2.21. The van der Waals surface area contributed by atoms with Gasteiger partial charge in [0.1, 0.15) is 0 Å². The molecule has 2 aliphatic rings. The molecule has 1 amide bonds. The van der Waals surface area contributed by atoms with Crippen molar-refractivity contribution in [2.45, 2.75) is 25.7 Å². The summed E-state index contributed by atoms with van der Waals surface area (Å²) in [6.45, 7) is 0.777. The maximum Gasteiger partial charge on any atom is 0.282 e. The Bertz CT molecular complexity index is 433. The second-order valence-corrected chi connectivity index (χ2v) is 6.10. The molecule has 1 aromatic heterocycles. The molecule has 0 saturated heterocycles. The molecule has 2 aliphatic carbocycles. The number of carbonyl (C=O) groups excluding carboxylic acids is 1. The van der Waals surface area contributed by atoms with Crippen LogP contribution in [-0.4, -0.2) is 22.6 Å². The number of nitrogens with two attached hydrogens (primary N) is 1. The molecule has 0 spiro atoms. The van der Waals surface area contributed by atoms with Crippen molar-refractivity contribution < 1.29 is 4.79 Å². The van der Waals surface area contributed by atoms with Gasteiger partial charge in [0, 0.05) is 6.54 Å². The summed E-state index contributed by atoms with van der Waals surface area (Å²) in [4.78, 5) is 11.8. The van der Waals surface area contributed by atoms with Crippen molar-refractivity contribution in [1.82, 2.24) is 15.5 Å². The van der Waals surface area contributed by atoms with Crippen LogP contribution in [0.5, 0.6) is 0 Å². The quantitative estimate of drug-likeness (QED) is 0.849. The summed E-state index contributed by atoms with van der Waals surface area (Å²) in [6, 6.07) is 0. The van der Waals surface area contributed by atoms with Crippen molar-refractivity contribution >= 4 is 22.4 Å². The first-order valence-electron chi connectivity index (χ1n) is 6.09. The van der Waals surface area contributed by atoms with Gasteiger partial charge in [0.05, 0.1) is 0 Å². The summed E-state index contributed by atoms with van der Waals surface area (Å²) in [7, 11) is 0. The molecule has 5 nitrogen and oxygen atoms in total. The van der Waals surface area contributed by atoms with E-state index < -0.39 is 0 Å². The average molecular weight is 252 g/mol. The van der Waals surface area contributed by atoms with Gasteiger partial charge in [-0.05, 0) is 37.0 Å². The molecule has 0 aromatic carbocycles. The number of nitrogens with zero attached hydrogens (tertiary/aromatic N) is 2. The first-order chi connectivity index (χ1) is 8.22. The van der Waals surface area contributed by atoms with E-state index in [2.05, 4.69) is 15.5 Å². The van der Waals surface area contributed by atoms with Gasteiger partial charge in [0.25, 0.3) is 5.91 Å². The van der Waals surface area contributed by atoms with Gasteiger partial charge < -0.3 is 11.1 Å². The zero-order chi connectivity index (χ0) is 11.8. The third-order valence-electron chi connectivity index (χ3n) is 4.04. The summed E-state index contributed by atoms with van der Waals surface area (Å²) in [6.07, 6.45) is 5.38. The molecule has 0 radical (unpaired) electrons. The fraction of sp³-hybridized carbons (Fsp3) is 0.727. The van der Waals surface area contributed by atoms with Gasteiger partial charge in [0.2, 0.25) is 10.1 Å². The number of hydrogen-bond acceptors (Lipinski definition) is 5. The van der Waals surface area contributed by atoms with Gasteiger partial charge in [-0.1, -0.05) is 17.8 Å². The maximum atomic E-state index is 11.8. The number of hydrogen-bond donors (Lipinski definition) is 2. The highest BCUT2D eigenvalue weighted by atomic mass is 32.1. The third-order valence-corrected chi connectivity index (χ3v) is 4.80. The normalized spacial score (nSPS) is 30.7. The zero-order valence-electron chi connectivity index (χ0n) is 9.56. The number of aromatic nitrogens is 2. The molecule has 0 aliphatic heterocycles. The van der Waals surface area contributed by atoms with E-state index >= 15 is 0 Å². The number of carbonyl (C=O) groups is 1. The monoisotopic (exact) mass is 252 g/mol. The van der Waals surface area contributed by atoms with E-state index in [0.717, 1.165) is 29.7 Å². The van der Waals surface area contributed by atoms with Crippen LogP contribution in [0.25, 0.3) is 0 Å². The van der Waals surface area contributed by atoms with E-state index in [4.69, 9.17) is 5.73 Å². The Morgan fingerprint density at radius 3 is 2.88 bits per heavy atom. The van der Waals surface area contributed by atoms with E-state index in [1.54, 1.807) is 0 Å². The number of nitrogen functional groups attached to an aromatic ring is 1. The Labute approximate surface area is 104 Å². The number of amides is 1. The molecular formula is C11H16N4OS. The first-order valence-corrected chi connectivity index (χ1v) is 6.91. The van der Waals surface area contributed by atoms with Gasteiger partial charge in [-0.15, -0.1) is 10.2 Å². The third kappa shape index (κ3) is 2.13. The van der Waals surface area contributed by atoms with E-state index in [9.17, 15) is 4.79 Å². The maximum absolute atomic E-state index is 11.8. The predicted molar refractivity (Wildman–Crippen MR) is 65.6 cm³/mol. The van der Waals surface area contributed by atoms with E-state index in [1.807, 2.05) is 0 Å². The zero-order valence-corrected chi connectivity index (χ0v) is 10.4. The van der Waals surface area contributed by atoms with Crippen LogP contribution in [0, 0.1) is 17.8 Å². The van der Waals surface area contributed by atoms with Crippen molar-refractivity contribution in [3.05, 3.63) is 5.01 Å². The highest BCUT2D eigenvalue weighted by Crippen LogP contribution is 2.47. The second kappa shape index (κ2) is 4.25. The summed E-state index contributed by atoms with van der Waals surface area (Å²) >= 11 is 1.14. The molecule has 2 bridgehead atoms. The Balaban J connectivity index is 1.53. The lowest BCUT2D eigenvalue weighted by Crippen LogP contribution is -2.31. The molecule has 92 valence electrons. The summed E-state index contributed by atoms with van der Waals surface area (Å²) in [5.41, 5.74) is 5.45. The van der Waals surface area contributed by atoms with Crippen LogP contribution >= 0.6 is 11.3 Å². The molecule has 3 rings (SSSR count). The van der Waals surface area contributed by atoms with Crippen molar-refractivity contribution in [3.63, 3.8) is 0 Å². The van der Waals surface area contributed by atoms with Crippen LogP contribution in [0.15, 0.2) is 0 Å². The lowest BCUT2D eigenvalue weighted by atomic mass is 9.89. The van der Waals surface area contributed by atoms with Gasteiger partial charge in [-0.3, -0.25) is 4.79 Å². The molecular weight excluding hydrogens is 236 g/mol. The number of fused-ring (bicyclic) bond motifs is 2. The molecule has 6 heteroatoms. The summed E-state index contributed by atoms with van der Waals surface area (Å²) in [5.74, 6) is 2.28. The molecule has 3 N–H and O–H groups in total. The molecule has 3 unspecified atom stereocenters. The Kier molecular flexibility index (Phi) is 2.74. The minimum absolute atomic E-state index is 0.137. The van der Waals surface area contributed by atoms with Crippen LogP contribution in [-0.2, 0) is 0 Å². The van der Waals surface area contributed by atoms with E-state index in [-0.39, 0.29) is 5.91 Å². The highest BCUT2D eigenvalue weighted by molar-refractivity contribution is 7.16. The van der Waals surface area contributed by atoms with Gasteiger partial charge in [-0.25, -0.2) is 0 Å². The molecule has 17 heavy (non-hydrogen) atoms. The van der Waals surface area contributed by atoms with Crippen LogP contribution in [0.2, 0.25) is 0 Å². The fourth-order valence-electron chi connectivity index (χ4n) is 3.25. The molecule has 2 saturated carbocycles. The first kappa shape index (κ1) is 11.0. The van der Waals surface area contributed by atoms with Crippen LogP contribution in [0.4, 0.5) is 5.13 Å². The summed E-state index contributed by atoms with van der Waals surface area (Å²) < 4.78 is 0. The van der Waals surface area contributed by atoms with Crippen molar-refractivity contribution in [1.29, 1.82) is 0 Å². The van der Waals surface area contributed by atoms with Gasteiger partial charge >= 0.3 is 0 Å². The Hall–Kier alpha value is -1.17. The number of anilines is 1. The lowest BCUT2D eigenvalue weighted by molar-refractivity contribution is 0.0940. The Morgan fingerprint density at radius 1 is 1.41 bits per heavy atom. The molecule has 1 heterocycles. The predicted octanol–water partition coefficient (Wildman–Crippen LogP) is 1.29. The Morgan fingerprint density at radius 2 is 2.29 bits per heavy atom. The average Bonchev–Trinajstić information content (AvgIpc) is 3.01. The van der Waals surface area contributed by atoms with E-state index in [0.29, 0.717) is 16.1 Å². The van der Waals surface area contributed by atoms with Crippen molar-refractivity contribution in [2.24, 2.45) is 17.8 Å². The van der Waals surface area contributed by atoms with Crippen molar-refractivity contribution in [2.75, 3.05) is 12.3 Å². The van der Waals surface area contributed by atoms with Crippen LogP contribution < -0.4 is 11.1 Å². The molecule has 3 atom stereocenters. The fourth-order valence-corrected chi connectivity index (χ4v) is 3.78. The largest absolute Gasteiger partial charge is 0.374 e. The van der Waals surface area contributed by atoms with Crippen LogP contribution in [0.3, 0.4) is 0 Å². The number of rotatable bonds is 3.